The third kappa shape index (κ3) is 5.04. The van der Waals surface area contributed by atoms with Crippen LogP contribution >= 0.6 is 0 Å². The van der Waals surface area contributed by atoms with Crippen LogP contribution in [0.3, 0.4) is 0 Å². The number of ether oxygens (including phenoxy) is 1. The molecule has 6 heteroatoms. The molecule has 3 N–H and O–H groups in total. The smallest absolute Gasteiger partial charge is 0.407 e. The molecule has 1 aliphatic heterocycles. The number of nitrogens with one attached hydrogen (secondary N) is 1. The van der Waals surface area contributed by atoms with Gasteiger partial charge in [-0.3, -0.25) is 4.79 Å². The first-order valence-corrected chi connectivity index (χ1v) is 5.78. The number of carbonyl (C=O) groups excluding carboxylic acids is 2. The first kappa shape index (κ1) is 13.8. The number of carbonyl (C=O) groups is 2. The van der Waals surface area contributed by atoms with Gasteiger partial charge in [0.25, 0.3) is 0 Å². The van der Waals surface area contributed by atoms with Crippen molar-refractivity contribution in [2.24, 2.45) is 5.73 Å². The van der Waals surface area contributed by atoms with Crippen LogP contribution in [0.5, 0.6) is 0 Å². The molecule has 17 heavy (non-hydrogen) atoms. The van der Waals surface area contributed by atoms with Crippen molar-refractivity contribution in [3.8, 4) is 0 Å². The van der Waals surface area contributed by atoms with Crippen LogP contribution in [-0.4, -0.2) is 48.2 Å². The van der Waals surface area contributed by atoms with Crippen LogP contribution < -0.4 is 11.1 Å². The third-order valence-corrected chi connectivity index (χ3v) is 2.27. The molecule has 0 saturated carbocycles. The molecule has 98 valence electrons. The van der Waals surface area contributed by atoms with Crippen molar-refractivity contribution >= 4 is 12.0 Å². The molecule has 0 aromatic carbocycles. The summed E-state index contributed by atoms with van der Waals surface area (Å²) in [5, 5.41) is 2.54. The van der Waals surface area contributed by atoms with Crippen molar-refractivity contribution in [1.82, 2.24) is 10.2 Å². The average Bonchev–Trinajstić information content (AvgIpc) is 2.09. The molecule has 0 bridgehead atoms. The minimum Gasteiger partial charge on any atom is -0.444 e. The molecule has 1 fully saturated rings. The average molecular weight is 243 g/mol. The van der Waals surface area contributed by atoms with Crippen LogP contribution in [0.25, 0.3) is 0 Å². The Morgan fingerprint density at radius 2 is 2.00 bits per heavy atom. The van der Waals surface area contributed by atoms with Gasteiger partial charge in [0.15, 0.2) is 0 Å². The van der Waals surface area contributed by atoms with E-state index in [1.54, 1.807) is 25.7 Å². The van der Waals surface area contributed by atoms with E-state index < -0.39 is 11.7 Å². The van der Waals surface area contributed by atoms with Gasteiger partial charge in [-0.2, -0.15) is 0 Å². The summed E-state index contributed by atoms with van der Waals surface area (Å²) in [6.45, 7) is 6.90. The predicted molar refractivity (Wildman–Crippen MR) is 63.4 cm³/mol. The van der Waals surface area contributed by atoms with Crippen LogP contribution in [0, 0.1) is 0 Å². The summed E-state index contributed by atoms with van der Waals surface area (Å²) in [5.74, 6) is 0.0164. The van der Waals surface area contributed by atoms with Crippen LogP contribution in [0.2, 0.25) is 0 Å². The lowest BCUT2D eigenvalue weighted by Gasteiger charge is -2.36. The highest BCUT2D eigenvalue weighted by Gasteiger charge is 2.27. The molecule has 0 atom stereocenters. The van der Waals surface area contributed by atoms with Gasteiger partial charge in [-0.25, -0.2) is 4.79 Å². The number of nitrogens with two attached hydrogens (primary N) is 1. The van der Waals surface area contributed by atoms with Gasteiger partial charge in [-0.15, -0.1) is 0 Å². The van der Waals surface area contributed by atoms with Gasteiger partial charge in [0.05, 0.1) is 0 Å². The molecule has 2 amide bonds. The summed E-state index contributed by atoms with van der Waals surface area (Å²) in [4.78, 5) is 24.5. The third-order valence-electron chi connectivity index (χ3n) is 2.27. The van der Waals surface area contributed by atoms with E-state index in [1.807, 2.05) is 0 Å². The molecule has 6 nitrogen and oxygen atoms in total. The minimum absolute atomic E-state index is 0.0164. The van der Waals surface area contributed by atoms with Crippen LogP contribution in [0.15, 0.2) is 0 Å². The molecule has 1 saturated heterocycles. The highest BCUT2D eigenvalue weighted by atomic mass is 16.6. The lowest BCUT2D eigenvalue weighted by Crippen LogP contribution is -2.58. The standard InChI is InChI=1S/C11H21N3O3/c1-11(2,3)17-10(16)13-5-4-9(15)14-6-8(12)7-14/h8H,4-7,12H2,1-3H3,(H,13,16). The molecule has 0 aromatic rings. The Labute approximate surface area is 101 Å². The zero-order valence-electron chi connectivity index (χ0n) is 10.7. The molecular weight excluding hydrogens is 222 g/mol. The maximum atomic E-state index is 11.5. The normalized spacial score (nSPS) is 16.4. The maximum Gasteiger partial charge on any atom is 0.407 e. The van der Waals surface area contributed by atoms with E-state index >= 15 is 0 Å². The minimum atomic E-state index is -0.516. The molecule has 0 aliphatic carbocycles. The second-order valence-corrected chi connectivity index (χ2v) is 5.24. The van der Waals surface area contributed by atoms with Crippen molar-refractivity contribution < 1.29 is 14.3 Å². The van der Waals surface area contributed by atoms with E-state index in [-0.39, 0.29) is 18.4 Å². The van der Waals surface area contributed by atoms with Gasteiger partial charge in [-0.05, 0) is 20.8 Å². The van der Waals surface area contributed by atoms with E-state index in [9.17, 15) is 9.59 Å². The number of alkyl carbamates (subject to hydrolysis) is 1. The van der Waals surface area contributed by atoms with Crippen LogP contribution in [0.4, 0.5) is 4.79 Å². The monoisotopic (exact) mass is 243 g/mol. The zero-order chi connectivity index (χ0) is 13.1. The topological polar surface area (TPSA) is 84.7 Å². The number of hydrogen-bond acceptors (Lipinski definition) is 4. The number of nitrogens with zero attached hydrogens (tertiary/aromatic N) is 1. The summed E-state index contributed by atoms with van der Waals surface area (Å²) in [5.41, 5.74) is 5.05. The molecule has 1 aliphatic rings. The van der Waals surface area contributed by atoms with Crippen molar-refractivity contribution in [1.29, 1.82) is 0 Å². The van der Waals surface area contributed by atoms with Gasteiger partial charge < -0.3 is 20.7 Å². The molecule has 1 heterocycles. The number of rotatable bonds is 3. The van der Waals surface area contributed by atoms with Crippen molar-refractivity contribution in [3.63, 3.8) is 0 Å². The fourth-order valence-corrected chi connectivity index (χ4v) is 1.46. The van der Waals surface area contributed by atoms with Gasteiger partial charge in [-0.1, -0.05) is 0 Å². The van der Waals surface area contributed by atoms with E-state index in [1.165, 1.54) is 0 Å². The van der Waals surface area contributed by atoms with E-state index in [0.717, 1.165) is 0 Å². The molecule has 0 aromatic heterocycles. The quantitative estimate of drug-likeness (QED) is 0.734. The number of hydrogen-bond donors (Lipinski definition) is 2. The van der Waals surface area contributed by atoms with Gasteiger partial charge in [0.2, 0.25) is 5.91 Å². The largest absolute Gasteiger partial charge is 0.444 e. The first-order chi connectivity index (χ1) is 7.78. The van der Waals surface area contributed by atoms with E-state index in [4.69, 9.17) is 10.5 Å². The number of amides is 2. The lowest BCUT2D eigenvalue weighted by atomic mass is 10.1. The van der Waals surface area contributed by atoms with Crippen LogP contribution in [0.1, 0.15) is 27.2 Å². The van der Waals surface area contributed by atoms with E-state index in [0.29, 0.717) is 19.6 Å². The predicted octanol–water partition coefficient (Wildman–Crippen LogP) is 0.0707. The van der Waals surface area contributed by atoms with Crippen molar-refractivity contribution in [2.75, 3.05) is 19.6 Å². The first-order valence-electron chi connectivity index (χ1n) is 5.78. The Bertz CT molecular complexity index is 293. The highest BCUT2D eigenvalue weighted by molar-refractivity contribution is 5.78. The number of likely N-dealkylation sites (tertiary alicyclic amines) is 1. The molecule has 0 spiro atoms. The summed E-state index contributed by atoms with van der Waals surface area (Å²) in [6.07, 6.45) is -0.211. The van der Waals surface area contributed by atoms with E-state index in [2.05, 4.69) is 5.32 Å². The Hall–Kier alpha value is -1.30. The molecule has 0 radical (unpaired) electrons. The Morgan fingerprint density at radius 3 is 2.47 bits per heavy atom. The van der Waals surface area contributed by atoms with Crippen molar-refractivity contribution in [2.45, 2.75) is 38.8 Å². The Morgan fingerprint density at radius 1 is 1.41 bits per heavy atom. The fourth-order valence-electron chi connectivity index (χ4n) is 1.46. The SMILES string of the molecule is CC(C)(C)OC(=O)NCCC(=O)N1CC(N)C1. The lowest BCUT2D eigenvalue weighted by molar-refractivity contribution is -0.135. The summed E-state index contributed by atoms with van der Waals surface area (Å²) >= 11 is 0. The summed E-state index contributed by atoms with van der Waals surface area (Å²) < 4.78 is 5.04. The zero-order valence-corrected chi connectivity index (χ0v) is 10.7. The second kappa shape index (κ2) is 5.35. The van der Waals surface area contributed by atoms with Crippen LogP contribution in [-0.2, 0) is 9.53 Å². The molecule has 1 rings (SSSR count). The van der Waals surface area contributed by atoms with Gasteiger partial charge in [0, 0.05) is 32.1 Å². The highest BCUT2D eigenvalue weighted by Crippen LogP contribution is 2.08. The summed E-state index contributed by atoms with van der Waals surface area (Å²) in [6, 6.07) is 0.109. The summed E-state index contributed by atoms with van der Waals surface area (Å²) in [7, 11) is 0. The Balaban J connectivity index is 2.11. The van der Waals surface area contributed by atoms with Gasteiger partial charge >= 0.3 is 6.09 Å². The van der Waals surface area contributed by atoms with Gasteiger partial charge in [0.1, 0.15) is 5.60 Å². The van der Waals surface area contributed by atoms with Crippen molar-refractivity contribution in [3.05, 3.63) is 0 Å². The molecular formula is C11H21N3O3. The second-order valence-electron chi connectivity index (χ2n) is 5.24. The Kier molecular flexibility index (Phi) is 4.34. The molecule has 0 unspecified atom stereocenters. The fraction of sp³-hybridized carbons (Fsp3) is 0.818. The maximum absolute atomic E-state index is 11.5.